The van der Waals surface area contributed by atoms with Crippen LogP contribution in [0.5, 0.6) is 0 Å². The Bertz CT molecular complexity index is 955. The summed E-state index contributed by atoms with van der Waals surface area (Å²) in [7, 11) is 0. The van der Waals surface area contributed by atoms with E-state index in [0.717, 1.165) is 27.6 Å². The minimum atomic E-state index is 0.963. The number of benzene rings is 3. The topological polar surface area (TPSA) is 25.8 Å². The summed E-state index contributed by atoms with van der Waals surface area (Å²) in [6, 6.07) is 23.4. The first-order chi connectivity index (χ1) is 11.3. The molecule has 0 N–H and O–H groups in total. The number of nitrogens with zero attached hydrogens (tertiary/aromatic N) is 2. The van der Waals surface area contributed by atoms with Gasteiger partial charge in [0.2, 0.25) is 0 Å². The van der Waals surface area contributed by atoms with Gasteiger partial charge < -0.3 is 0 Å². The molecular formula is C20H16N2S. The Labute approximate surface area is 139 Å². The lowest BCUT2D eigenvalue weighted by Gasteiger charge is -2.00. The summed E-state index contributed by atoms with van der Waals surface area (Å²) in [5.41, 5.74) is 3.59. The summed E-state index contributed by atoms with van der Waals surface area (Å²) in [5, 5.41) is 13.2. The van der Waals surface area contributed by atoms with Crippen LogP contribution in [0.3, 0.4) is 0 Å². The van der Waals surface area contributed by atoms with E-state index in [-0.39, 0.29) is 0 Å². The molecule has 0 aliphatic rings. The molecule has 1 heterocycles. The van der Waals surface area contributed by atoms with E-state index in [1.807, 2.05) is 0 Å². The van der Waals surface area contributed by atoms with Crippen LogP contribution in [0.25, 0.3) is 31.9 Å². The van der Waals surface area contributed by atoms with Crippen molar-refractivity contribution in [3.8, 4) is 21.1 Å². The van der Waals surface area contributed by atoms with E-state index < -0.39 is 0 Å². The first-order valence-corrected chi connectivity index (χ1v) is 8.57. The second-order valence-corrected chi connectivity index (χ2v) is 6.50. The third kappa shape index (κ3) is 2.76. The normalized spacial score (nSPS) is 11.0. The SMILES string of the molecule is CCc1ccc(-c2nnc(-c3ccc4ccccc4c3)s2)cc1. The highest BCUT2D eigenvalue weighted by molar-refractivity contribution is 7.17. The maximum atomic E-state index is 4.38. The average molecular weight is 316 g/mol. The molecule has 0 saturated heterocycles. The summed E-state index contributed by atoms with van der Waals surface area (Å²) in [6.07, 6.45) is 1.05. The molecule has 3 aromatic carbocycles. The van der Waals surface area contributed by atoms with E-state index in [1.165, 1.54) is 16.3 Å². The van der Waals surface area contributed by atoms with Crippen molar-refractivity contribution < 1.29 is 0 Å². The third-order valence-corrected chi connectivity index (χ3v) is 5.05. The zero-order valence-electron chi connectivity index (χ0n) is 12.9. The molecule has 23 heavy (non-hydrogen) atoms. The van der Waals surface area contributed by atoms with Crippen molar-refractivity contribution in [3.63, 3.8) is 0 Å². The summed E-state index contributed by atoms with van der Waals surface area (Å²) in [6.45, 7) is 2.16. The van der Waals surface area contributed by atoms with Gasteiger partial charge in [-0.15, -0.1) is 10.2 Å². The lowest BCUT2D eigenvalue weighted by molar-refractivity contribution is 1.10. The van der Waals surface area contributed by atoms with E-state index in [1.54, 1.807) is 11.3 Å². The molecule has 112 valence electrons. The molecule has 0 fully saturated rings. The molecule has 2 nitrogen and oxygen atoms in total. The molecule has 0 saturated carbocycles. The number of fused-ring (bicyclic) bond motifs is 1. The van der Waals surface area contributed by atoms with Crippen molar-refractivity contribution in [2.24, 2.45) is 0 Å². The Morgan fingerprint density at radius 3 is 2.13 bits per heavy atom. The van der Waals surface area contributed by atoms with Crippen LogP contribution in [0.2, 0.25) is 0 Å². The van der Waals surface area contributed by atoms with Crippen LogP contribution in [0, 0.1) is 0 Å². The van der Waals surface area contributed by atoms with Crippen molar-refractivity contribution in [2.75, 3.05) is 0 Å². The van der Waals surface area contributed by atoms with Gasteiger partial charge in [0.1, 0.15) is 10.0 Å². The van der Waals surface area contributed by atoms with E-state index in [2.05, 4.69) is 83.9 Å². The second-order valence-electron chi connectivity index (χ2n) is 5.52. The van der Waals surface area contributed by atoms with Crippen molar-refractivity contribution in [1.29, 1.82) is 0 Å². The zero-order chi connectivity index (χ0) is 15.6. The van der Waals surface area contributed by atoms with E-state index in [0.29, 0.717) is 0 Å². The zero-order valence-corrected chi connectivity index (χ0v) is 13.7. The molecule has 0 bridgehead atoms. The van der Waals surface area contributed by atoms with Gasteiger partial charge in [-0.1, -0.05) is 78.9 Å². The van der Waals surface area contributed by atoms with Crippen molar-refractivity contribution >= 4 is 22.1 Å². The van der Waals surface area contributed by atoms with Gasteiger partial charge in [0.05, 0.1) is 0 Å². The Kier molecular flexibility index (Phi) is 3.64. The van der Waals surface area contributed by atoms with E-state index >= 15 is 0 Å². The highest BCUT2D eigenvalue weighted by atomic mass is 32.1. The third-order valence-electron chi connectivity index (χ3n) is 4.03. The minimum Gasteiger partial charge on any atom is -0.138 e. The van der Waals surface area contributed by atoms with Crippen LogP contribution in [0.4, 0.5) is 0 Å². The molecule has 0 spiro atoms. The van der Waals surface area contributed by atoms with Crippen LogP contribution in [0.15, 0.2) is 66.7 Å². The Hall–Kier alpha value is -2.52. The Morgan fingerprint density at radius 1 is 0.739 bits per heavy atom. The molecular weight excluding hydrogens is 300 g/mol. The minimum absolute atomic E-state index is 0.963. The first-order valence-electron chi connectivity index (χ1n) is 7.75. The molecule has 0 aliphatic heterocycles. The molecule has 4 rings (SSSR count). The van der Waals surface area contributed by atoms with Crippen LogP contribution in [-0.4, -0.2) is 10.2 Å². The summed E-state index contributed by atoms with van der Waals surface area (Å²) in [5.74, 6) is 0. The maximum absolute atomic E-state index is 4.38. The van der Waals surface area contributed by atoms with E-state index in [9.17, 15) is 0 Å². The van der Waals surface area contributed by atoms with E-state index in [4.69, 9.17) is 0 Å². The van der Waals surface area contributed by atoms with Gasteiger partial charge in [0.15, 0.2) is 0 Å². The van der Waals surface area contributed by atoms with Gasteiger partial charge in [-0.05, 0) is 28.8 Å². The van der Waals surface area contributed by atoms with Gasteiger partial charge in [0, 0.05) is 11.1 Å². The maximum Gasteiger partial charge on any atom is 0.148 e. The second kappa shape index (κ2) is 5.94. The molecule has 0 atom stereocenters. The van der Waals surface area contributed by atoms with Gasteiger partial charge >= 0.3 is 0 Å². The molecule has 0 radical (unpaired) electrons. The standard InChI is InChI=1S/C20H16N2S/c1-2-14-7-9-16(10-8-14)19-21-22-20(23-19)18-12-11-15-5-3-4-6-17(15)13-18/h3-13H,2H2,1H3. The first kappa shape index (κ1) is 14.1. The fraction of sp³-hybridized carbons (Fsp3) is 0.100. The summed E-state index contributed by atoms with van der Waals surface area (Å²) >= 11 is 1.64. The largest absolute Gasteiger partial charge is 0.148 e. The predicted octanol–water partition coefficient (Wildman–Crippen LogP) is 5.59. The van der Waals surface area contributed by atoms with Gasteiger partial charge in [-0.3, -0.25) is 0 Å². The van der Waals surface area contributed by atoms with Crippen molar-refractivity contribution in [1.82, 2.24) is 10.2 Å². The van der Waals surface area contributed by atoms with Crippen LogP contribution in [0.1, 0.15) is 12.5 Å². The Balaban J connectivity index is 1.70. The number of hydrogen-bond donors (Lipinski definition) is 0. The number of rotatable bonds is 3. The average Bonchev–Trinajstić information content (AvgIpc) is 3.11. The quantitative estimate of drug-likeness (QED) is 0.492. The lowest BCUT2D eigenvalue weighted by atomic mass is 10.1. The summed E-state index contributed by atoms with van der Waals surface area (Å²) in [4.78, 5) is 0. The number of aromatic nitrogens is 2. The van der Waals surface area contributed by atoms with Crippen LogP contribution < -0.4 is 0 Å². The predicted molar refractivity (Wildman–Crippen MR) is 97.7 cm³/mol. The monoisotopic (exact) mass is 316 g/mol. The summed E-state index contributed by atoms with van der Waals surface area (Å²) < 4.78 is 0. The highest BCUT2D eigenvalue weighted by Crippen LogP contribution is 2.31. The lowest BCUT2D eigenvalue weighted by Crippen LogP contribution is -1.81. The van der Waals surface area contributed by atoms with Gasteiger partial charge in [-0.2, -0.15) is 0 Å². The Morgan fingerprint density at radius 2 is 1.39 bits per heavy atom. The van der Waals surface area contributed by atoms with Crippen LogP contribution in [-0.2, 0) is 6.42 Å². The van der Waals surface area contributed by atoms with Crippen LogP contribution >= 0.6 is 11.3 Å². The molecule has 0 amide bonds. The molecule has 3 heteroatoms. The fourth-order valence-corrected chi connectivity index (χ4v) is 3.51. The van der Waals surface area contributed by atoms with Gasteiger partial charge in [0.25, 0.3) is 0 Å². The van der Waals surface area contributed by atoms with Crippen molar-refractivity contribution in [3.05, 3.63) is 72.3 Å². The number of hydrogen-bond acceptors (Lipinski definition) is 3. The molecule has 1 aromatic heterocycles. The molecule has 4 aromatic rings. The molecule has 0 unspecified atom stereocenters. The van der Waals surface area contributed by atoms with Crippen molar-refractivity contribution in [2.45, 2.75) is 13.3 Å². The number of aryl methyl sites for hydroxylation is 1. The smallest absolute Gasteiger partial charge is 0.138 e. The molecule has 0 aliphatic carbocycles. The van der Waals surface area contributed by atoms with Gasteiger partial charge in [-0.25, -0.2) is 0 Å². The fourth-order valence-electron chi connectivity index (χ4n) is 2.66. The highest BCUT2D eigenvalue weighted by Gasteiger charge is 2.09.